The van der Waals surface area contributed by atoms with Crippen LogP contribution in [0.1, 0.15) is 22.9 Å². The van der Waals surface area contributed by atoms with Crippen molar-refractivity contribution in [2.75, 3.05) is 0 Å². The molecule has 20 heavy (non-hydrogen) atoms. The summed E-state index contributed by atoms with van der Waals surface area (Å²) in [7, 11) is 0. The van der Waals surface area contributed by atoms with Crippen molar-refractivity contribution in [1.29, 1.82) is 0 Å². The average Bonchev–Trinajstić information content (AvgIpc) is 2.97. The van der Waals surface area contributed by atoms with Crippen LogP contribution < -0.4 is 5.32 Å². The molecule has 6 heteroatoms. The number of rotatable bonds is 6. The van der Waals surface area contributed by atoms with E-state index < -0.39 is 12.0 Å². The van der Waals surface area contributed by atoms with Gasteiger partial charge in [0.1, 0.15) is 0 Å². The number of carbonyl (C=O) groups is 2. The molecule has 0 bridgehead atoms. The minimum atomic E-state index is -1.05. The highest BCUT2D eigenvalue weighted by molar-refractivity contribution is 7.10. The Labute approximate surface area is 120 Å². The molecule has 0 aliphatic rings. The summed E-state index contributed by atoms with van der Waals surface area (Å²) in [5.74, 6) is -1.33. The van der Waals surface area contributed by atoms with Gasteiger partial charge in [0.25, 0.3) is 0 Å². The first kappa shape index (κ1) is 14.2. The van der Waals surface area contributed by atoms with E-state index in [1.807, 2.05) is 12.1 Å². The molecule has 0 saturated carbocycles. The van der Waals surface area contributed by atoms with Crippen LogP contribution in [0.15, 0.2) is 42.0 Å². The van der Waals surface area contributed by atoms with Crippen molar-refractivity contribution in [3.63, 3.8) is 0 Å². The van der Waals surface area contributed by atoms with E-state index in [4.69, 9.17) is 5.11 Å². The Bertz CT molecular complexity index is 569. The first-order valence-electron chi connectivity index (χ1n) is 6.11. The van der Waals surface area contributed by atoms with Crippen LogP contribution >= 0.6 is 11.3 Å². The van der Waals surface area contributed by atoms with Gasteiger partial charge in [-0.1, -0.05) is 6.07 Å². The Balaban J connectivity index is 1.91. The van der Waals surface area contributed by atoms with E-state index in [-0.39, 0.29) is 12.3 Å². The molecular weight excluding hydrogens is 276 g/mol. The maximum atomic E-state index is 11.8. The fourth-order valence-corrected chi connectivity index (χ4v) is 2.52. The van der Waals surface area contributed by atoms with Gasteiger partial charge < -0.3 is 10.4 Å². The summed E-state index contributed by atoms with van der Waals surface area (Å²) < 4.78 is 0. The van der Waals surface area contributed by atoms with Gasteiger partial charge >= 0.3 is 5.97 Å². The molecule has 0 aliphatic carbocycles. The highest BCUT2D eigenvalue weighted by Crippen LogP contribution is 2.19. The van der Waals surface area contributed by atoms with Crippen LogP contribution in [0.4, 0.5) is 0 Å². The summed E-state index contributed by atoms with van der Waals surface area (Å²) in [6.45, 7) is 0. The monoisotopic (exact) mass is 290 g/mol. The van der Waals surface area contributed by atoms with Crippen molar-refractivity contribution in [1.82, 2.24) is 10.3 Å². The molecule has 0 aromatic carbocycles. The molecular formula is C14H14N2O3S. The van der Waals surface area contributed by atoms with E-state index in [0.29, 0.717) is 11.3 Å². The molecule has 1 amide bonds. The molecule has 0 fully saturated rings. The molecule has 0 saturated heterocycles. The number of aliphatic carboxylic acids is 1. The lowest BCUT2D eigenvalue weighted by Gasteiger charge is -2.12. The van der Waals surface area contributed by atoms with E-state index in [9.17, 15) is 9.59 Å². The third-order valence-corrected chi connectivity index (χ3v) is 3.71. The molecule has 0 spiro atoms. The highest BCUT2D eigenvalue weighted by Gasteiger charge is 2.22. The van der Waals surface area contributed by atoms with Crippen LogP contribution in [0.3, 0.4) is 0 Å². The number of nitrogens with one attached hydrogen (secondary N) is 1. The summed E-state index contributed by atoms with van der Waals surface area (Å²) >= 11 is 1.31. The van der Waals surface area contributed by atoms with Crippen molar-refractivity contribution in [2.24, 2.45) is 0 Å². The Morgan fingerprint density at radius 2 is 2.05 bits per heavy atom. The van der Waals surface area contributed by atoms with Crippen molar-refractivity contribution in [3.8, 4) is 0 Å². The van der Waals surface area contributed by atoms with Crippen molar-refractivity contribution in [2.45, 2.75) is 18.9 Å². The van der Waals surface area contributed by atoms with Crippen molar-refractivity contribution >= 4 is 23.2 Å². The van der Waals surface area contributed by atoms with Gasteiger partial charge in [0.15, 0.2) is 6.04 Å². The van der Waals surface area contributed by atoms with Gasteiger partial charge in [-0.05, 0) is 35.6 Å². The topological polar surface area (TPSA) is 79.3 Å². The zero-order valence-corrected chi connectivity index (χ0v) is 11.5. The quantitative estimate of drug-likeness (QED) is 0.853. The van der Waals surface area contributed by atoms with Crippen LogP contribution in [0.2, 0.25) is 0 Å². The second-order valence-corrected chi connectivity index (χ2v) is 5.19. The molecule has 2 heterocycles. The molecule has 0 radical (unpaired) electrons. The number of carboxylic acid groups (broad SMARTS) is 1. The zero-order valence-electron chi connectivity index (χ0n) is 10.7. The van der Waals surface area contributed by atoms with Crippen molar-refractivity contribution < 1.29 is 14.7 Å². The molecule has 2 aromatic heterocycles. The summed E-state index contributed by atoms with van der Waals surface area (Å²) in [5.41, 5.74) is 0.998. The Kier molecular flexibility index (Phi) is 4.84. The van der Waals surface area contributed by atoms with Crippen LogP contribution in [-0.4, -0.2) is 22.0 Å². The van der Waals surface area contributed by atoms with Crippen LogP contribution in [0, 0.1) is 0 Å². The first-order valence-corrected chi connectivity index (χ1v) is 6.99. The molecule has 104 valence electrons. The number of aryl methyl sites for hydroxylation is 1. The van der Waals surface area contributed by atoms with E-state index in [1.165, 1.54) is 11.3 Å². The number of nitrogens with zero attached hydrogens (tertiary/aromatic N) is 1. The Morgan fingerprint density at radius 1 is 1.30 bits per heavy atom. The lowest BCUT2D eigenvalue weighted by molar-refractivity contribution is -0.141. The van der Waals surface area contributed by atoms with Gasteiger partial charge in [0.05, 0.1) is 0 Å². The van der Waals surface area contributed by atoms with Crippen LogP contribution in [0.5, 0.6) is 0 Å². The number of amides is 1. The second kappa shape index (κ2) is 6.81. The van der Waals surface area contributed by atoms with Crippen molar-refractivity contribution in [3.05, 3.63) is 52.5 Å². The summed E-state index contributed by atoms with van der Waals surface area (Å²) in [4.78, 5) is 27.6. The molecule has 1 unspecified atom stereocenters. The Hall–Kier alpha value is -2.21. The van der Waals surface area contributed by atoms with Crippen LogP contribution in [-0.2, 0) is 16.0 Å². The maximum Gasteiger partial charge on any atom is 0.331 e. The molecule has 1 atom stereocenters. The largest absolute Gasteiger partial charge is 0.479 e. The second-order valence-electron chi connectivity index (χ2n) is 4.21. The normalized spacial score (nSPS) is 11.8. The third-order valence-electron chi connectivity index (χ3n) is 2.77. The maximum absolute atomic E-state index is 11.8. The summed E-state index contributed by atoms with van der Waals surface area (Å²) in [6.07, 6.45) is 4.14. The van der Waals surface area contributed by atoms with Gasteiger partial charge in [0.2, 0.25) is 5.91 Å². The molecule has 2 N–H and O–H groups in total. The number of carboxylic acids is 1. The predicted octanol–water partition coefficient (Wildman–Crippen LogP) is 2.02. The van der Waals surface area contributed by atoms with Gasteiger partial charge in [-0.25, -0.2) is 4.79 Å². The molecule has 5 nitrogen and oxygen atoms in total. The summed E-state index contributed by atoms with van der Waals surface area (Å²) in [6, 6.07) is 6.16. The van der Waals surface area contributed by atoms with Gasteiger partial charge in [0, 0.05) is 23.7 Å². The van der Waals surface area contributed by atoms with E-state index in [1.54, 1.807) is 29.9 Å². The van der Waals surface area contributed by atoms with E-state index in [0.717, 1.165) is 5.56 Å². The lowest BCUT2D eigenvalue weighted by atomic mass is 10.1. The number of carbonyl (C=O) groups excluding carboxylic acids is 1. The first-order chi connectivity index (χ1) is 9.66. The standard InChI is InChI=1S/C14H14N2O3S/c17-12(4-3-10-5-7-15-8-6-10)16-13(14(18)19)11-2-1-9-20-11/h1-2,5-9,13H,3-4H2,(H,16,17)(H,18,19). The number of pyridine rings is 1. The van der Waals surface area contributed by atoms with E-state index in [2.05, 4.69) is 10.3 Å². The zero-order chi connectivity index (χ0) is 14.4. The summed E-state index contributed by atoms with van der Waals surface area (Å²) in [5, 5.41) is 13.5. The number of aromatic nitrogens is 1. The smallest absolute Gasteiger partial charge is 0.331 e. The fraction of sp³-hybridized carbons (Fsp3) is 0.214. The minimum Gasteiger partial charge on any atom is -0.479 e. The van der Waals surface area contributed by atoms with Crippen LogP contribution in [0.25, 0.3) is 0 Å². The lowest BCUT2D eigenvalue weighted by Crippen LogP contribution is -2.33. The fourth-order valence-electron chi connectivity index (χ4n) is 1.75. The number of thiophene rings is 1. The van der Waals surface area contributed by atoms with Gasteiger partial charge in [-0.3, -0.25) is 9.78 Å². The SMILES string of the molecule is O=C(CCc1ccncc1)NC(C(=O)O)c1cccs1. The van der Waals surface area contributed by atoms with Gasteiger partial charge in [-0.2, -0.15) is 0 Å². The predicted molar refractivity (Wildman–Crippen MR) is 75.4 cm³/mol. The molecule has 2 rings (SSSR count). The number of hydrogen-bond donors (Lipinski definition) is 2. The highest BCUT2D eigenvalue weighted by atomic mass is 32.1. The molecule has 2 aromatic rings. The molecule has 0 aliphatic heterocycles. The third kappa shape index (κ3) is 3.89. The van der Waals surface area contributed by atoms with E-state index >= 15 is 0 Å². The minimum absolute atomic E-state index is 0.249. The number of hydrogen-bond acceptors (Lipinski definition) is 4. The van der Waals surface area contributed by atoms with Gasteiger partial charge in [-0.15, -0.1) is 11.3 Å². The average molecular weight is 290 g/mol. The Morgan fingerprint density at radius 3 is 2.65 bits per heavy atom.